The van der Waals surface area contributed by atoms with Crippen LogP contribution in [0.3, 0.4) is 0 Å². The van der Waals surface area contributed by atoms with Crippen LogP contribution in [0.4, 0.5) is 0 Å². The third kappa shape index (κ3) is 5.62. The Hall–Kier alpha value is -3.36. The molecule has 1 atom stereocenters. The molecular weight excluding hydrogens is 402 g/mol. The first-order valence-electron chi connectivity index (χ1n) is 10.4. The Kier molecular flexibility index (Phi) is 7.64. The fraction of sp³-hybridized carbons (Fsp3) is 0.455. The standard InChI is InChI=1S/C22H27N3O6/c1-3-4-5-7-16-9-10-18(22(28)31-16)21(27)25-14-15(24-29-2)12-19(25)20(26)23-13-17-8-6-11-30-17/h6,8-11,19H,3-5,7,12-14H2,1-2H3,(H,23,26)/b24-15+. The number of rotatable bonds is 9. The van der Waals surface area contributed by atoms with Gasteiger partial charge in [0.15, 0.2) is 0 Å². The van der Waals surface area contributed by atoms with Gasteiger partial charge in [0, 0.05) is 12.8 Å². The van der Waals surface area contributed by atoms with Crippen LogP contribution < -0.4 is 10.9 Å². The normalized spacial score (nSPS) is 17.2. The number of carbonyl (C=O) groups excluding carboxylic acids is 2. The molecular formula is C22H27N3O6. The van der Waals surface area contributed by atoms with E-state index in [1.54, 1.807) is 18.2 Å². The lowest BCUT2D eigenvalue weighted by molar-refractivity contribution is -0.125. The maximum atomic E-state index is 13.1. The number of oxime groups is 1. The summed E-state index contributed by atoms with van der Waals surface area (Å²) in [6.45, 7) is 2.37. The number of carbonyl (C=O) groups is 2. The van der Waals surface area contributed by atoms with E-state index in [0.717, 1.165) is 19.3 Å². The maximum Gasteiger partial charge on any atom is 0.348 e. The van der Waals surface area contributed by atoms with Crippen LogP contribution in [0.5, 0.6) is 0 Å². The van der Waals surface area contributed by atoms with E-state index in [9.17, 15) is 14.4 Å². The summed E-state index contributed by atoms with van der Waals surface area (Å²) in [5.74, 6) is 0.194. The molecule has 9 nitrogen and oxygen atoms in total. The Morgan fingerprint density at radius 1 is 1.26 bits per heavy atom. The van der Waals surface area contributed by atoms with Crippen LogP contribution in [0.25, 0.3) is 0 Å². The van der Waals surface area contributed by atoms with Gasteiger partial charge in [-0.3, -0.25) is 9.59 Å². The summed E-state index contributed by atoms with van der Waals surface area (Å²) in [6.07, 6.45) is 5.38. The molecule has 0 aliphatic carbocycles. The second-order valence-electron chi connectivity index (χ2n) is 7.35. The molecule has 1 N–H and O–H groups in total. The first kappa shape index (κ1) is 22.3. The van der Waals surface area contributed by atoms with Gasteiger partial charge in [-0.1, -0.05) is 24.9 Å². The summed E-state index contributed by atoms with van der Waals surface area (Å²) < 4.78 is 10.6. The van der Waals surface area contributed by atoms with Gasteiger partial charge in [0.1, 0.15) is 30.2 Å². The summed E-state index contributed by atoms with van der Waals surface area (Å²) in [4.78, 5) is 44.5. The third-order valence-corrected chi connectivity index (χ3v) is 5.10. The number of amides is 2. The molecule has 2 amide bonds. The van der Waals surface area contributed by atoms with Crippen molar-refractivity contribution >= 4 is 17.5 Å². The highest BCUT2D eigenvalue weighted by Gasteiger charge is 2.39. The minimum Gasteiger partial charge on any atom is -0.467 e. The molecule has 0 saturated carbocycles. The maximum absolute atomic E-state index is 13.1. The third-order valence-electron chi connectivity index (χ3n) is 5.10. The molecule has 1 unspecified atom stereocenters. The zero-order chi connectivity index (χ0) is 22.2. The number of aryl methyl sites for hydroxylation is 1. The van der Waals surface area contributed by atoms with E-state index in [1.165, 1.54) is 24.3 Å². The van der Waals surface area contributed by atoms with Crippen molar-refractivity contribution in [1.82, 2.24) is 10.2 Å². The topological polar surface area (TPSA) is 114 Å². The van der Waals surface area contributed by atoms with E-state index in [2.05, 4.69) is 17.4 Å². The number of nitrogens with one attached hydrogen (secondary N) is 1. The van der Waals surface area contributed by atoms with Crippen molar-refractivity contribution in [2.24, 2.45) is 5.16 Å². The Morgan fingerprint density at radius 3 is 2.77 bits per heavy atom. The molecule has 0 bridgehead atoms. The highest BCUT2D eigenvalue weighted by Crippen LogP contribution is 2.19. The summed E-state index contributed by atoms with van der Waals surface area (Å²) in [5, 5.41) is 6.65. The monoisotopic (exact) mass is 429 g/mol. The van der Waals surface area contributed by atoms with E-state index in [4.69, 9.17) is 13.7 Å². The summed E-state index contributed by atoms with van der Waals surface area (Å²) >= 11 is 0. The Bertz CT molecular complexity index is 979. The number of nitrogens with zero attached hydrogens (tertiary/aromatic N) is 2. The molecule has 2 aromatic heterocycles. The van der Waals surface area contributed by atoms with Gasteiger partial charge in [-0.2, -0.15) is 0 Å². The second kappa shape index (κ2) is 10.6. The highest BCUT2D eigenvalue weighted by molar-refractivity contribution is 6.05. The molecule has 0 spiro atoms. The van der Waals surface area contributed by atoms with Gasteiger partial charge in [0.25, 0.3) is 5.91 Å². The molecule has 31 heavy (non-hydrogen) atoms. The molecule has 1 aliphatic heterocycles. The molecule has 1 saturated heterocycles. The molecule has 3 heterocycles. The zero-order valence-electron chi connectivity index (χ0n) is 17.8. The van der Waals surface area contributed by atoms with Crippen molar-refractivity contribution in [1.29, 1.82) is 0 Å². The molecule has 2 aromatic rings. The smallest absolute Gasteiger partial charge is 0.348 e. The number of furan rings is 1. The van der Waals surface area contributed by atoms with Gasteiger partial charge in [0.2, 0.25) is 5.91 Å². The Labute approximate surface area is 180 Å². The molecule has 1 aliphatic rings. The van der Waals surface area contributed by atoms with Crippen LogP contribution in [0, 0.1) is 0 Å². The van der Waals surface area contributed by atoms with E-state index >= 15 is 0 Å². The Morgan fingerprint density at radius 2 is 2.10 bits per heavy atom. The predicted octanol–water partition coefficient (Wildman–Crippen LogP) is 2.50. The molecule has 3 rings (SSSR count). The largest absolute Gasteiger partial charge is 0.467 e. The fourth-order valence-electron chi connectivity index (χ4n) is 3.50. The first-order chi connectivity index (χ1) is 15.0. The van der Waals surface area contributed by atoms with Gasteiger partial charge in [-0.05, 0) is 30.7 Å². The van der Waals surface area contributed by atoms with Crippen LogP contribution in [0.1, 0.15) is 54.5 Å². The fourth-order valence-corrected chi connectivity index (χ4v) is 3.50. The lowest BCUT2D eigenvalue weighted by Crippen LogP contribution is -2.46. The summed E-state index contributed by atoms with van der Waals surface area (Å²) in [6, 6.07) is 5.76. The summed E-state index contributed by atoms with van der Waals surface area (Å²) in [5.41, 5.74) is -0.276. The van der Waals surface area contributed by atoms with Crippen LogP contribution in [-0.2, 0) is 22.6 Å². The number of hydrogen-bond acceptors (Lipinski definition) is 7. The van der Waals surface area contributed by atoms with Crippen LogP contribution in [0.15, 0.2) is 49.3 Å². The van der Waals surface area contributed by atoms with E-state index in [-0.39, 0.29) is 31.0 Å². The van der Waals surface area contributed by atoms with Gasteiger partial charge in [-0.25, -0.2) is 4.79 Å². The highest BCUT2D eigenvalue weighted by atomic mass is 16.6. The van der Waals surface area contributed by atoms with Gasteiger partial charge in [0.05, 0.1) is 25.1 Å². The van der Waals surface area contributed by atoms with Crippen molar-refractivity contribution in [2.45, 2.75) is 51.6 Å². The molecule has 9 heteroatoms. The lowest BCUT2D eigenvalue weighted by Gasteiger charge is -2.22. The molecule has 1 fully saturated rings. The van der Waals surface area contributed by atoms with Gasteiger partial charge < -0.3 is 23.9 Å². The molecule has 0 aromatic carbocycles. The first-order valence-corrected chi connectivity index (χ1v) is 10.4. The number of hydrogen-bond donors (Lipinski definition) is 1. The predicted molar refractivity (Wildman–Crippen MR) is 113 cm³/mol. The summed E-state index contributed by atoms with van der Waals surface area (Å²) in [7, 11) is 1.40. The van der Waals surface area contributed by atoms with Gasteiger partial charge >= 0.3 is 5.63 Å². The molecule has 166 valence electrons. The Balaban J connectivity index is 1.75. The molecule has 0 radical (unpaired) electrons. The quantitative estimate of drug-likeness (QED) is 0.484. The average Bonchev–Trinajstić information content (AvgIpc) is 3.42. The van der Waals surface area contributed by atoms with E-state index in [0.29, 0.717) is 23.7 Å². The minimum atomic E-state index is -0.819. The van der Waals surface area contributed by atoms with Crippen molar-refractivity contribution in [3.05, 3.63) is 58.0 Å². The SMILES string of the molecule is CCCCCc1ccc(C(=O)N2C/C(=N/OC)CC2C(=O)NCc2ccco2)c(=O)o1. The van der Waals surface area contributed by atoms with Crippen molar-refractivity contribution < 1.29 is 23.3 Å². The second-order valence-corrected chi connectivity index (χ2v) is 7.35. The van der Waals surface area contributed by atoms with Crippen LogP contribution >= 0.6 is 0 Å². The van der Waals surface area contributed by atoms with Crippen molar-refractivity contribution in [3.8, 4) is 0 Å². The minimum absolute atomic E-state index is 0.0865. The number of likely N-dealkylation sites (tertiary alicyclic amines) is 1. The van der Waals surface area contributed by atoms with Crippen molar-refractivity contribution in [2.75, 3.05) is 13.7 Å². The van der Waals surface area contributed by atoms with E-state index in [1.807, 2.05) is 0 Å². The van der Waals surface area contributed by atoms with Crippen LogP contribution in [0.2, 0.25) is 0 Å². The zero-order valence-corrected chi connectivity index (χ0v) is 17.8. The van der Waals surface area contributed by atoms with Crippen molar-refractivity contribution in [3.63, 3.8) is 0 Å². The van der Waals surface area contributed by atoms with Crippen LogP contribution in [-0.4, -0.2) is 42.1 Å². The average molecular weight is 429 g/mol. The lowest BCUT2D eigenvalue weighted by atomic mass is 10.1. The van der Waals surface area contributed by atoms with Gasteiger partial charge in [-0.15, -0.1) is 0 Å². The van der Waals surface area contributed by atoms with E-state index < -0.39 is 17.6 Å². The number of unbranched alkanes of at least 4 members (excludes halogenated alkanes) is 2.